The Balaban J connectivity index is 1.67. The Hall–Kier alpha value is -3.61. The Kier molecular flexibility index (Phi) is 7.07. The molecule has 0 spiro atoms. The summed E-state index contributed by atoms with van der Waals surface area (Å²) in [7, 11) is 3.10. The molecular weight excluding hydrogens is 397 g/mol. The van der Waals surface area contributed by atoms with E-state index >= 15 is 0 Å². The molecule has 0 radical (unpaired) electrons. The molecule has 31 heavy (non-hydrogen) atoms. The van der Waals surface area contributed by atoms with Gasteiger partial charge in [0.2, 0.25) is 11.8 Å². The van der Waals surface area contributed by atoms with Crippen molar-refractivity contribution >= 4 is 17.4 Å². The van der Waals surface area contributed by atoms with Crippen LogP contribution in [0.15, 0.2) is 54.9 Å². The van der Waals surface area contributed by atoms with Crippen molar-refractivity contribution in [2.24, 2.45) is 0 Å². The van der Waals surface area contributed by atoms with Crippen molar-refractivity contribution in [3.8, 4) is 17.1 Å². The maximum Gasteiger partial charge on any atom is 0.226 e. The first kappa shape index (κ1) is 22.1. The lowest BCUT2D eigenvalue weighted by Gasteiger charge is -2.17. The van der Waals surface area contributed by atoms with E-state index in [1.54, 1.807) is 57.6 Å². The molecule has 0 aliphatic heterocycles. The minimum absolute atomic E-state index is 0.0314. The largest absolute Gasteiger partial charge is 0.481 e. The third-order valence-electron chi connectivity index (χ3n) is 5.01. The smallest absolute Gasteiger partial charge is 0.226 e. The molecule has 0 N–H and O–H groups in total. The Morgan fingerprint density at radius 3 is 2.45 bits per heavy atom. The zero-order chi connectivity index (χ0) is 22.4. The standard InChI is InChI=1S/C24H24FN3O3/c1-4-24(30)28(2)21-10-8-17(13-19(21)25)20-9-7-18(15-26-20)22(29)11-5-16-6-12-23(31-3)27-14-16/h6-10,12-15H,4-5,11H2,1-3H3. The second kappa shape index (κ2) is 9.93. The molecule has 2 heterocycles. The molecule has 3 aromatic rings. The molecule has 160 valence electrons. The van der Waals surface area contributed by atoms with Crippen LogP contribution in [0.4, 0.5) is 10.1 Å². The van der Waals surface area contributed by atoms with Gasteiger partial charge >= 0.3 is 0 Å². The minimum Gasteiger partial charge on any atom is -0.481 e. The fraction of sp³-hybridized carbons (Fsp3) is 0.250. The number of benzene rings is 1. The molecule has 6 nitrogen and oxygen atoms in total. The topological polar surface area (TPSA) is 72.4 Å². The number of methoxy groups -OCH3 is 1. The second-order valence-electron chi connectivity index (χ2n) is 7.04. The van der Waals surface area contributed by atoms with E-state index in [4.69, 9.17) is 4.74 Å². The predicted molar refractivity (Wildman–Crippen MR) is 117 cm³/mol. The zero-order valence-corrected chi connectivity index (χ0v) is 17.8. The molecule has 0 fully saturated rings. The average molecular weight is 421 g/mol. The molecule has 0 saturated carbocycles. The molecular formula is C24H24FN3O3. The molecule has 0 aliphatic rings. The van der Waals surface area contributed by atoms with Gasteiger partial charge in [0.25, 0.3) is 0 Å². The van der Waals surface area contributed by atoms with Crippen molar-refractivity contribution in [1.82, 2.24) is 9.97 Å². The lowest BCUT2D eigenvalue weighted by molar-refractivity contribution is -0.118. The maximum absolute atomic E-state index is 14.5. The van der Waals surface area contributed by atoms with Crippen LogP contribution in [0.3, 0.4) is 0 Å². The third kappa shape index (κ3) is 5.31. The normalized spacial score (nSPS) is 10.6. The van der Waals surface area contributed by atoms with Crippen molar-refractivity contribution < 1.29 is 18.7 Å². The summed E-state index contributed by atoms with van der Waals surface area (Å²) in [6.45, 7) is 1.73. The summed E-state index contributed by atoms with van der Waals surface area (Å²) < 4.78 is 19.5. The molecule has 0 bridgehead atoms. The van der Waals surface area contributed by atoms with Crippen molar-refractivity contribution in [2.45, 2.75) is 26.2 Å². The number of nitrogens with zero attached hydrogens (tertiary/aromatic N) is 3. The first-order valence-corrected chi connectivity index (χ1v) is 9.97. The SMILES string of the molecule is CCC(=O)N(C)c1ccc(-c2ccc(C(=O)CCc3ccc(OC)nc3)cn2)cc1F. The number of Topliss-reactive ketones (excluding diaryl/α,β-unsaturated/α-hetero) is 1. The van der Waals surface area contributed by atoms with Crippen LogP contribution in [0.1, 0.15) is 35.7 Å². The lowest BCUT2D eigenvalue weighted by Crippen LogP contribution is -2.25. The summed E-state index contributed by atoms with van der Waals surface area (Å²) in [5.74, 6) is -0.172. The highest BCUT2D eigenvalue weighted by Gasteiger charge is 2.15. The Bertz CT molecular complexity index is 1070. The van der Waals surface area contributed by atoms with Gasteiger partial charge in [-0.05, 0) is 36.2 Å². The lowest BCUT2D eigenvalue weighted by atomic mass is 10.0. The average Bonchev–Trinajstić information content (AvgIpc) is 2.81. The number of amides is 1. The second-order valence-corrected chi connectivity index (χ2v) is 7.04. The van der Waals surface area contributed by atoms with Gasteiger partial charge in [0.1, 0.15) is 5.82 Å². The van der Waals surface area contributed by atoms with E-state index in [1.807, 2.05) is 6.07 Å². The van der Waals surface area contributed by atoms with Crippen molar-refractivity contribution in [1.29, 1.82) is 0 Å². The number of ether oxygens (including phenoxy) is 1. The number of aryl methyl sites for hydroxylation is 1. The van der Waals surface area contributed by atoms with Gasteiger partial charge in [-0.3, -0.25) is 14.6 Å². The van der Waals surface area contributed by atoms with Gasteiger partial charge in [-0.25, -0.2) is 9.37 Å². The number of aromatic nitrogens is 2. The predicted octanol–water partition coefficient (Wildman–Crippen LogP) is 4.48. The molecule has 0 atom stereocenters. The van der Waals surface area contributed by atoms with Crippen LogP contribution in [0.5, 0.6) is 5.88 Å². The van der Waals surface area contributed by atoms with Crippen LogP contribution in [-0.4, -0.2) is 35.8 Å². The van der Waals surface area contributed by atoms with Crippen LogP contribution < -0.4 is 9.64 Å². The van der Waals surface area contributed by atoms with Crippen molar-refractivity contribution in [3.05, 3.63) is 71.8 Å². The fourth-order valence-corrected chi connectivity index (χ4v) is 3.12. The summed E-state index contributed by atoms with van der Waals surface area (Å²) in [5, 5.41) is 0. The molecule has 1 amide bonds. The van der Waals surface area contributed by atoms with Crippen LogP contribution in [0, 0.1) is 5.82 Å². The Morgan fingerprint density at radius 1 is 1.06 bits per heavy atom. The van der Waals surface area contributed by atoms with Gasteiger partial charge in [-0.1, -0.05) is 19.1 Å². The van der Waals surface area contributed by atoms with Gasteiger partial charge in [0.05, 0.1) is 18.5 Å². The number of hydrogen-bond donors (Lipinski definition) is 0. The molecule has 3 rings (SSSR count). The Morgan fingerprint density at radius 2 is 1.87 bits per heavy atom. The van der Waals surface area contributed by atoms with Gasteiger partial charge in [0.15, 0.2) is 5.78 Å². The quantitative estimate of drug-likeness (QED) is 0.502. The number of anilines is 1. The van der Waals surface area contributed by atoms with Crippen molar-refractivity contribution in [3.63, 3.8) is 0 Å². The van der Waals surface area contributed by atoms with Gasteiger partial charge < -0.3 is 9.64 Å². The van der Waals surface area contributed by atoms with Gasteiger partial charge in [0, 0.05) is 49.5 Å². The fourth-order valence-electron chi connectivity index (χ4n) is 3.12. The summed E-state index contributed by atoms with van der Waals surface area (Å²) in [6.07, 6.45) is 4.38. The molecule has 0 aliphatic carbocycles. The van der Waals surface area contributed by atoms with E-state index in [2.05, 4.69) is 9.97 Å². The summed E-state index contributed by atoms with van der Waals surface area (Å²) in [4.78, 5) is 34.0. The molecule has 7 heteroatoms. The number of pyridine rings is 2. The number of rotatable bonds is 8. The number of halogens is 1. The van der Waals surface area contributed by atoms with Crippen LogP contribution in [0.25, 0.3) is 11.3 Å². The molecule has 0 unspecified atom stereocenters. The van der Waals surface area contributed by atoms with Crippen molar-refractivity contribution in [2.75, 3.05) is 19.1 Å². The van der Waals surface area contributed by atoms with E-state index in [0.29, 0.717) is 42.0 Å². The van der Waals surface area contributed by atoms with E-state index in [9.17, 15) is 14.0 Å². The molecule has 1 aromatic carbocycles. The van der Waals surface area contributed by atoms with E-state index in [-0.39, 0.29) is 17.4 Å². The molecule has 0 saturated heterocycles. The number of carbonyl (C=O) groups is 2. The number of carbonyl (C=O) groups excluding carboxylic acids is 2. The van der Waals surface area contributed by atoms with Crippen LogP contribution >= 0.6 is 0 Å². The highest BCUT2D eigenvalue weighted by Crippen LogP contribution is 2.25. The monoisotopic (exact) mass is 421 g/mol. The first-order chi connectivity index (χ1) is 14.9. The van der Waals surface area contributed by atoms with Gasteiger partial charge in [-0.2, -0.15) is 0 Å². The maximum atomic E-state index is 14.5. The summed E-state index contributed by atoms with van der Waals surface area (Å²) >= 11 is 0. The van der Waals surface area contributed by atoms with Gasteiger partial charge in [-0.15, -0.1) is 0 Å². The molecule has 2 aromatic heterocycles. The Labute approximate surface area is 180 Å². The summed E-state index contributed by atoms with van der Waals surface area (Å²) in [6, 6.07) is 11.6. The number of ketones is 1. The van der Waals surface area contributed by atoms with Crippen LogP contribution in [-0.2, 0) is 11.2 Å². The van der Waals surface area contributed by atoms with Crippen LogP contribution in [0.2, 0.25) is 0 Å². The van der Waals surface area contributed by atoms with E-state index in [1.165, 1.54) is 17.2 Å². The first-order valence-electron chi connectivity index (χ1n) is 9.97. The summed E-state index contributed by atoms with van der Waals surface area (Å²) in [5.41, 5.74) is 2.78. The minimum atomic E-state index is -0.503. The number of hydrogen-bond acceptors (Lipinski definition) is 5. The zero-order valence-electron chi connectivity index (χ0n) is 17.8. The highest BCUT2D eigenvalue weighted by atomic mass is 19.1. The van der Waals surface area contributed by atoms with E-state index in [0.717, 1.165) is 5.56 Å². The highest BCUT2D eigenvalue weighted by molar-refractivity contribution is 5.96. The third-order valence-corrected chi connectivity index (χ3v) is 5.01. The van der Waals surface area contributed by atoms with E-state index < -0.39 is 5.82 Å².